The largest absolute Gasteiger partial charge is 0.442 e. The van der Waals surface area contributed by atoms with Crippen LogP contribution in [0.4, 0.5) is 4.79 Å². The average molecular weight is 184 g/mol. The summed E-state index contributed by atoms with van der Waals surface area (Å²) in [4.78, 5) is 21.9. The van der Waals surface area contributed by atoms with E-state index in [1.54, 1.807) is 20.8 Å². The fourth-order valence-electron chi connectivity index (χ4n) is 0.753. The minimum atomic E-state index is -0.588. The van der Waals surface area contributed by atoms with Crippen molar-refractivity contribution in [2.24, 2.45) is 0 Å². The van der Waals surface area contributed by atoms with E-state index in [0.717, 1.165) is 4.68 Å². The van der Waals surface area contributed by atoms with Gasteiger partial charge in [0, 0.05) is 12.3 Å². The molecule has 1 aromatic heterocycles. The first-order chi connectivity index (χ1) is 5.88. The Morgan fingerprint density at radius 1 is 1.54 bits per heavy atom. The molecule has 0 atom stereocenters. The van der Waals surface area contributed by atoms with Gasteiger partial charge in [-0.3, -0.25) is 9.89 Å². The third kappa shape index (κ3) is 2.77. The molecule has 0 saturated carbocycles. The van der Waals surface area contributed by atoms with Crippen molar-refractivity contribution in [2.45, 2.75) is 26.4 Å². The molecule has 0 aliphatic heterocycles. The molecule has 1 rings (SSSR count). The summed E-state index contributed by atoms with van der Waals surface area (Å²) in [6.07, 6.45) is 0.741. The van der Waals surface area contributed by atoms with Gasteiger partial charge in [0.05, 0.1) is 0 Å². The third-order valence-electron chi connectivity index (χ3n) is 1.20. The Morgan fingerprint density at radius 3 is 2.54 bits per heavy atom. The average Bonchev–Trinajstić information content (AvgIpc) is 2.31. The maximum atomic E-state index is 11.2. The van der Waals surface area contributed by atoms with Gasteiger partial charge < -0.3 is 4.74 Å². The quantitative estimate of drug-likeness (QED) is 0.653. The van der Waals surface area contributed by atoms with Crippen molar-refractivity contribution in [3.8, 4) is 0 Å². The molecule has 5 nitrogen and oxygen atoms in total. The summed E-state index contributed by atoms with van der Waals surface area (Å²) in [5.74, 6) is 0. The number of hydrogen-bond acceptors (Lipinski definition) is 3. The number of nitrogens with one attached hydrogen (secondary N) is 1. The fourth-order valence-corrected chi connectivity index (χ4v) is 0.753. The van der Waals surface area contributed by atoms with Crippen molar-refractivity contribution >= 4 is 6.09 Å². The first-order valence-corrected chi connectivity index (χ1v) is 3.89. The zero-order chi connectivity index (χ0) is 10.1. The van der Waals surface area contributed by atoms with Gasteiger partial charge in [-0.1, -0.05) is 0 Å². The van der Waals surface area contributed by atoms with Crippen LogP contribution < -0.4 is 5.56 Å². The van der Waals surface area contributed by atoms with E-state index in [1.165, 1.54) is 12.3 Å². The van der Waals surface area contributed by atoms with E-state index >= 15 is 0 Å². The van der Waals surface area contributed by atoms with Crippen LogP contribution in [0.2, 0.25) is 0 Å². The summed E-state index contributed by atoms with van der Waals surface area (Å²) < 4.78 is 6.00. The van der Waals surface area contributed by atoms with Crippen LogP contribution in [0, 0.1) is 0 Å². The summed E-state index contributed by atoms with van der Waals surface area (Å²) in [6.45, 7) is 5.27. The van der Waals surface area contributed by atoms with Crippen molar-refractivity contribution in [1.29, 1.82) is 0 Å². The summed E-state index contributed by atoms with van der Waals surface area (Å²) in [6, 6.07) is 1.25. The topological polar surface area (TPSA) is 64.1 Å². The van der Waals surface area contributed by atoms with E-state index in [1.807, 2.05) is 0 Å². The second-order valence-corrected chi connectivity index (χ2v) is 3.64. The van der Waals surface area contributed by atoms with Gasteiger partial charge in [0.2, 0.25) is 0 Å². The molecule has 0 aliphatic rings. The van der Waals surface area contributed by atoms with Crippen LogP contribution in [0.5, 0.6) is 0 Å². The number of ether oxygens (including phenoxy) is 1. The minimum Gasteiger partial charge on any atom is -0.442 e. The minimum absolute atomic E-state index is 0.328. The molecule has 1 N–H and O–H groups in total. The molecule has 0 spiro atoms. The molecule has 0 saturated heterocycles. The highest BCUT2D eigenvalue weighted by Gasteiger charge is 2.17. The van der Waals surface area contributed by atoms with E-state index in [9.17, 15) is 9.59 Å². The van der Waals surface area contributed by atoms with Gasteiger partial charge in [0.1, 0.15) is 5.60 Å². The molecule has 0 unspecified atom stereocenters. The van der Waals surface area contributed by atoms with Gasteiger partial charge in [-0.25, -0.2) is 4.79 Å². The van der Waals surface area contributed by atoms with Gasteiger partial charge in [0.25, 0.3) is 5.56 Å². The van der Waals surface area contributed by atoms with Crippen LogP contribution in [0.1, 0.15) is 20.8 Å². The lowest BCUT2D eigenvalue weighted by molar-refractivity contribution is 0.0514. The van der Waals surface area contributed by atoms with Gasteiger partial charge >= 0.3 is 6.09 Å². The van der Waals surface area contributed by atoms with Gasteiger partial charge in [-0.05, 0) is 20.8 Å². The summed E-state index contributed by atoms with van der Waals surface area (Å²) >= 11 is 0. The number of aromatic amines is 1. The van der Waals surface area contributed by atoms with Crippen LogP contribution in [0.3, 0.4) is 0 Å². The van der Waals surface area contributed by atoms with E-state index < -0.39 is 11.7 Å². The number of carbonyl (C=O) groups is 1. The smallest absolute Gasteiger partial charge is 0.433 e. The van der Waals surface area contributed by atoms with Crippen molar-refractivity contribution < 1.29 is 9.53 Å². The lowest BCUT2D eigenvalue weighted by atomic mass is 10.2. The molecule has 13 heavy (non-hydrogen) atoms. The lowest BCUT2D eigenvalue weighted by Crippen LogP contribution is -2.28. The van der Waals surface area contributed by atoms with Crippen LogP contribution >= 0.6 is 0 Å². The van der Waals surface area contributed by atoms with Crippen LogP contribution in [-0.4, -0.2) is 21.5 Å². The predicted molar refractivity (Wildman–Crippen MR) is 46.7 cm³/mol. The van der Waals surface area contributed by atoms with Crippen molar-refractivity contribution in [2.75, 3.05) is 0 Å². The number of nitrogens with zero attached hydrogens (tertiary/aromatic N) is 1. The normalized spacial score (nSPS) is 11.3. The zero-order valence-corrected chi connectivity index (χ0v) is 7.83. The molecule has 0 radical (unpaired) electrons. The second-order valence-electron chi connectivity index (χ2n) is 3.64. The molecule has 0 fully saturated rings. The number of H-pyrrole nitrogens is 1. The highest BCUT2D eigenvalue weighted by Crippen LogP contribution is 2.07. The second kappa shape index (κ2) is 3.08. The van der Waals surface area contributed by atoms with Crippen molar-refractivity contribution in [3.63, 3.8) is 0 Å². The first-order valence-electron chi connectivity index (χ1n) is 3.89. The summed E-state index contributed by atoms with van der Waals surface area (Å²) in [5.41, 5.74) is -0.885. The SMILES string of the molecule is CC(C)(C)OC(=O)n1ccc(=O)[nH]1. The van der Waals surface area contributed by atoms with Crippen molar-refractivity contribution in [1.82, 2.24) is 9.78 Å². The predicted octanol–water partition coefficient (Wildman–Crippen LogP) is 0.960. The third-order valence-corrected chi connectivity index (χ3v) is 1.20. The van der Waals surface area contributed by atoms with Gasteiger partial charge in [-0.2, -0.15) is 4.68 Å². The molecule has 0 amide bonds. The lowest BCUT2D eigenvalue weighted by Gasteiger charge is -2.18. The van der Waals surface area contributed by atoms with Crippen molar-refractivity contribution in [3.05, 3.63) is 22.6 Å². The monoisotopic (exact) mass is 184 g/mol. The van der Waals surface area contributed by atoms with Crippen LogP contribution in [0.15, 0.2) is 17.1 Å². The Kier molecular flexibility index (Phi) is 2.27. The number of carbonyl (C=O) groups excluding carboxylic acids is 1. The molecule has 1 heterocycles. The van der Waals surface area contributed by atoms with E-state index in [0.29, 0.717) is 0 Å². The van der Waals surface area contributed by atoms with Crippen LogP contribution in [-0.2, 0) is 4.74 Å². The Bertz CT molecular complexity index is 356. The highest BCUT2D eigenvalue weighted by molar-refractivity contribution is 5.69. The Balaban J connectivity index is 2.75. The molecule has 0 aromatic carbocycles. The molecule has 72 valence electrons. The maximum Gasteiger partial charge on any atom is 0.433 e. The number of aromatic nitrogens is 2. The maximum absolute atomic E-state index is 11.2. The van der Waals surface area contributed by atoms with Gasteiger partial charge in [0.15, 0.2) is 0 Å². The summed E-state index contributed by atoms with van der Waals surface area (Å²) in [7, 11) is 0. The van der Waals surface area contributed by atoms with E-state index in [4.69, 9.17) is 4.74 Å². The fraction of sp³-hybridized carbons (Fsp3) is 0.500. The van der Waals surface area contributed by atoms with E-state index in [-0.39, 0.29) is 5.56 Å². The Hall–Kier alpha value is -1.52. The Morgan fingerprint density at radius 2 is 2.15 bits per heavy atom. The number of rotatable bonds is 0. The molecular formula is C8H12N2O3. The standard InChI is InChI=1S/C8H12N2O3/c1-8(2,3)13-7(12)10-5-4-6(11)9-10/h4-5H,1-3H3,(H,9,11). The Labute approximate surface area is 75.3 Å². The summed E-state index contributed by atoms with van der Waals surface area (Å²) in [5, 5.41) is 2.28. The molecule has 5 heteroatoms. The molecular weight excluding hydrogens is 172 g/mol. The van der Waals surface area contributed by atoms with Crippen LogP contribution in [0.25, 0.3) is 0 Å². The molecule has 0 aliphatic carbocycles. The molecule has 1 aromatic rings. The first kappa shape index (κ1) is 9.57. The highest BCUT2D eigenvalue weighted by atomic mass is 16.6. The van der Waals surface area contributed by atoms with Gasteiger partial charge in [-0.15, -0.1) is 0 Å². The molecule has 0 bridgehead atoms. The zero-order valence-electron chi connectivity index (χ0n) is 7.83. The number of hydrogen-bond donors (Lipinski definition) is 1. The van der Waals surface area contributed by atoms with E-state index in [2.05, 4.69) is 5.10 Å².